The molecule has 0 saturated carbocycles. The highest BCUT2D eigenvalue weighted by molar-refractivity contribution is 7.51. The molecule has 1 aromatic rings. The molecule has 2 rings (SSSR count). The summed E-state index contributed by atoms with van der Waals surface area (Å²) < 4.78 is 34.9. The van der Waals surface area contributed by atoms with Crippen molar-refractivity contribution in [2.75, 3.05) is 6.35 Å². The van der Waals surface area contributed by atoms with E-state index >= 15 is 0 Å². The molecule has 124 valence electrons. The highest BCUT2D eigenvalue weighted by Gasteiger charge is 2.44. The fraction of sp³-hybridized carbons (Fsp3) is 0.600. The normalized spacial score (nSPS) is 29.0. The van der Waals surface area contributed by atoms with E-state index in [1.54, 1.807) is 4.98 Å². The van der Waals surface area contributed by atoms with Crippen LogP contribution in [0.3, 0.4) is 0 Å². The van der Waals surface area contributed by atoms with Crippen LogP contribution in [0.5, 0.6) is 0 Å². The summed E-state index contributed by atoms with van der Waals surface area (Å²) in [6.45, 7) is 1.45. The predicted molar refractivity (Wildman–Crippen MR) is 68.7 cm³/mol. The summed E-state index contributed by atoms with van der Waals surface area (Å²) in [5, 5.41) is 10.1. The lowest BCUT2D eigenvalue weighted by atomic mass is 10.1. The number of aliphatic hydroxyl groups is 1. The van der Waals surface area contributed by atoms with E-state index < -0.39 is 55.5 Å². The van der Waals surface area contributed by atoms with Gasteiger partial charge in [-0.3, -0.25) is 18.9 Å². The fourth-order valence-electron chi connectivity index (χ4n) is 2.11. The molecule has 12 heteroatoms. The molecule has 1 aliphatic rings. The van der Waals surface area contributed by atoms with E-state index in [2.05, 4.69) is 0 Å². The van der Waals surface area contributed by atoms with Gasteiger partial charge in [-0.15, -0.1) is 0 Å². The van der Waals surface area contributed by atoms with Crippen LogP contribution in [0.4, 0.5) is 4.39 Å². The largest absolute Gasteiger partial charge is 0.386 e. The molecule has 0 spiro atoms. The summed E-state index contributed by atoms with van der Waals surface area (Å²) in [5.74, 6) is -1.25. The molecular formula is C10H14FN2O8P. The fourth-order valence-corrected chi connectivity index (χ4v) is 2.48. The molecule has 4 N–H and O–H groups in total. The van der Waals surface area contributed by atoms with Crippen LogP contribution in [-0.2, 0) is 14.0 Å². The Morgan fingerprint density at radius 2 is 2.14 bits per heavy atom. The second-order valence-electron chi connectivity index (χ2n) is 4.79. The van der Waals surface area contributed by atoms with Gasteiger partial charge in [0.25, 0.3) is 5.56 Å². The van der Waals surface area contributed by atoms with Gasteiger partial charge in [0, 0.05) is 0 Å². The molecule has 1 aromatic heterocycles. The quantitative estimate of drug-likeness (QED) is 0.482. The van der Waals surface area contributed by atoms with Crippen molar-refractivity contribution in [3.05, 3.63) is 32.9 Å². The number of halogens is 1. The minimum absolute atomic E-state index is 0.577. The zero-order valence-corrected chi connectivity index (χ0v) is 12.1. The minimum Gasteiger partial charge on any atom is -0.386 e. The number of nitrogens with zero attached hydrogens (tertiary/aromatic N) is 1. The van der Waals surface area contributed by atoms with Gasteiger partial charge >= 0.3 is 13.3 Å². The summed E-state index contributed by atoms with van der Waals surface area (Å²) in [4.78, 5) is 41.8. The standard InChI is InChI=1S/C10H14FN2O8P/c1-4-7(20-3-22(17,18)19)6(14)9(21-4)13-2-5(11)8(15)12-10(13)16/h2,4,6-7,9,14H,3H2,1H3,(H,12,15,16)(H2,17,18,19)/t4-,6-,7+,9-/m1/s1. The van der Waals surface area contributed by atoms with Crippen molar-refractivity contribution in [2.45, 2.75) is 31.5 Å². The van der Waals surface area contributed by atoms with E-state index in [0.29, 0.717) is 10.8 Å². The van der Waals surface area contributed by atoms with Gasteiger partial charge in [-0.1, -0.05) is 0 Å². The van der Waals surface area contributed by atoms with Crippen LogP contribution >= 0.6 is 7.60 Å². The van der Waals surface area contributed by atoms with Gasteiger partial charge < -0.3 is 24.4 Å². The number of nitrogens with one attached hydrogen (secondary N) is 1. The highest BCUT2D eigenvalue weighted by Crippen LogP contribution is 2.37. The first-order chi connectivity index (χ1) is 10.1. The van der Waals surface area contributed by atoms with Crippen LogP contribution in [0.15, 0.2) is 15.8 Å². The van der Waals surface area contributed by atoms with Crippen LogP contribution in [-0.4, -0.2) is 49.1 Å². The van der Waals surface area contributed by atoms with E-state index in [-0.39, 0.29) is 0 Å². The third kappa shape index (κ3) is 3.51. The smallest absolute Gasteiger partial charge is 0.350 e. The highest BCUT2D eigenvalue weighted by atomic mass is 31.2. The van der Waals surface area contributed by atoms with Crippen molar-refractivity contribution >= 4 is 7.60 Å². The average molecular weight is 340 g/mol. The second-order valence-corrected chi connectivity index (χ2v) is 6.38. The summed E-state index contributed by atoms with van der Waals surface area (Å²) in [7, 11) is -4.45. The summed E-state index contributed by atoms with van der Waals surface area (Å²) >= 11 is 0. The summed E-state index contributed by atoms with van der Waals surface area (Å²) in [6.07, 6.45) is -5.19. The summed E-state index contributed by atoms with van der Waals surface area (Å²) in [5.41, 5.74) is -2.21. The van der Waals surface area contributed by atoms with Crippen LogP contribution in [0.25, 0.3) is 0 Å². The molecule has 1 fully saturated rings. The molecule has 0 amide bonds. The molecule has 10 nitrogen and oxygen atoms in total. The Kier molecular flexibility index (Phi) is 4.66. The Bertz CT molecular complexity index is 712. The van der Waals surface area contributed by atoms with Gasteiger partial charge in [0.2, 0.25) is 5.82 Å². The molecule has 1 saturated heterocycles. The number of hydrogen-bond acceptors (Lipinski definition) is 6. The lowest BCUT2D eigenvalue weighted by molar-refractivity contribution is -0.0363. The van der Waals surface area contributed by atoms with E-state index in [4.69, 9.17) is 19.3 Å². The van der Waals surface area contributed by atoms with Crippen molar-refractivity contribution in [1.82, 2.24) is 9.55 Å². The lowest BCUT2D eigenvalue weighted by Crippen LogP contribution is -2.39. The van der Waals surface area contributed by atoms with Gasteiger partial charge in [0.15, 0.2) is 6.23 Å². The molecule has 0 aromatic carbocycles. The SMILES string of the molecule is C[C@H]1O[C@@H](n2cc(F)c(=O)[nH]c2=O)[C@H](O)[C@H]1OCP(=O)(O)O. The van der Waals surface area contributed by atoms with Gasteiger partial charge in [0.05, 0.1) is 12.3 Å². The monoisotopic (exact) mass is 340 g/mol. The number of ether oxygens (including phenoxy) is 2. The van der Waals surface area contributed by atoms with Crippen LogP contribution in [0.2, 0.25) is 0 Å². The van der Waals surface area contributed by atoms with Crippen LogP contribution in [0.1, 0.15) is 13.2 Å². The molecule has 0 bridgehead atoms. The average Bonchev–Trinajstić information content (AvgIpc) is 2.66. The molecule has 1 aliphatic heterocycles. The van der Waals surface area contributed by atoms with E-state index in [1.165, 1.54) is 6.92 Å². The Labute approximate surface area is 122 Å². The number of aliphatic hydroxyl groups excluding tert-OH is 1. The third-order valence-corrected chi connectivity index (χ3v) is 3.56. The number of hydrogen-bond donors (Lipinski definition) is 4. The van der Waals surface area contributed by atoms with Crippen molar-refractivity contribution in [1.29, 1.82) is 0 Å². The van der Waals surface area contributed by atoms with Gasteiger partial charge in [-0.2, -0.15) is 4.39 Å². The Morgan fingerprint density at radius 1 is 1.50 bits per heavy atom. The lowest BCUT2D eigenvalue weighted by Gasteiger charge is -2.19. The first kappa shape index (κ1) is 17.0. The van der Waals surface area contributed by atoms with Crippen molar-refractivity contribution < 1.29 is 33.3 Å². The van der Waals surface area contributed by atoms with Crippen LogP contribution < -0.4 is 11.2 Å². The van der Waals surface area contributed by atoms with Gasteiger partial charge in [-0.05, 0) is 6.92 Å². The number of rotatable bonds is 4. The maximum Gasteiger partial charge on any atom is 0.350 e. The molecule has 0 unspecified atom stereocenters. The zero-order chi connectivity index (χ0) is 16.7. The molecule has 0 radical (unpaired) electrons. The molecule has 0 aliphatic carbocycles. The number of aromatic amines is 1. The maximum absolute atomic E-state index is 13.3. The zero-order valence-electron chi connectivity index (χ0n) is 11.2. The van der Waals surface area contributed by atoms with E-state index in [0.717, 1.165) is 0 Å². The van der Waals surface area contributed by atoms with Gasteiger partial charge in [0.1, 0.15) is 18.6 Å². The predicted octanol–water partition coefficient (Wildman–Crippen LogP) is -1.53. The van der Waals surface area contributed by atoms with E-state index in [9.17, 15) is 23.7 Å². The minimum atomic E-state index is -4.45. The number of aromatic nitrogens is 2. The molecular weight excluding hydrogens is 326 g/mol. The third-order valence-electron chi connectivity index (χ3n) is 3.08. The van der Waals surface area contributed by atoms with Gasteiger partial charge in [-0.25, -0.2) is 4.79 Å². The maximum atomic E-state index is 13.3. The topological polar surface area (TPSA) is 151 Å². The Morgan fingerprint density at radius 3 is 2.73 bits per heavy atom. The van der Waals surface area contributed by atoms with Crippen LogP contribution in [0, 0.1) is 5.82 Å². The number of H-pyrrole nitrogens is 1. The Balaban J connectivity index is 2.25. The molecule has 2 heterocycles. The van der Waals surface area contributed by atoms with Crippen molar-refractivity contribution in [2.24, 2.45) is 0 Å². The van der Waals surface area contributed by atoms with Crippen molar-refractivity contribution in [3.63, 3.8) is 0 Å². The molecule has 22 heavy (non-hydrogen) atoms. The Hall–Kier alpha value is -1.36. The first-order valence-electron chi connectivity index (χ1n) is 6.11. The first-order valence-corrected chi connectivity index (χ1v) is 7.90. The van der Waals surface area contributed by atoms with Crippen molar-refractivity contribution in [3.8, 4) is 0 Å². The summed E-state index contributed by atoms with van der Waals surface area (Å²) in [6, 6.07) is 0. The second kappa shape index (κ2) is 6.03. The van der Waals surface area contributed by atoms with E-state index in [1.807, 2.05) is 0 Å². The molecule has 4 atom stereocenters.